The number of hydrogen-bond donors (Lipinski definition) is 2. The molecule has 0 saturated heterocycles. The van der Waals surface area contributed by atoms with Crippen LogP contribution in [0.3, 0.4) is 0 Å². The fourth-order valence-electron chi connectivity index (χ4n) is 2.49. The van der Waals surface area contributed by atoms with E-state index < -0.39 is 0 Å². The zero-order chi connectivity index (χ0) is 12.7. The molecule has 0 aliphatic heterocycles. The minimum absolute atomic E-state index is 0.0405. The van der Waals surface area contributed by atoms with Gasteiger partial charge in [-0.1, -0.05) is 30.8 Å². The molecule has 3 rings (SSSR count). The first-order valence-electron chi connectivity index (χ1n) is 5.92. The number of rotatable bonds is 2. The fourth-order valence-corrected chi connectivity index (χ4v) is 2.49. The highest BCUT2D eigenvalue weighted by molar-refractivity contribution is 6.00. The fraction of sp³-hybridized carbons (Fsp3) is 0.125. The van der Waals surface area contributed by atoms with Crippen LogP contribution >= 0.6 is 0 Å². The molecule has 0 fully saturated rings. The first kappa shape index (κ1) is 11.2. The Morgan fingerprint density at radius 3 is 1.56 bits per heavy atom. The Morgan fingerprint density at radius 1 is 0.722 bits per heavy atom. The van der Waals surface area contributed by atoms with Gasteiger partial charge in [0.05, 0.1) is 13.2 Å². The van der Waals surface area contributed by atoms with E-state index in [0.717, 1.165) is 39.0 Å². The van der Waals surface area contributed by atoms with Gasteiger partial charge in [0.15, 0.2) is 0 Å². The number of benzene rings is 2. The van der Waals surface area contributed by atoms with E-state index in [9.17, 15) is 10.2 Å². The summed E-state index contributed by atoms with van der Waals surface area (Å²) in [7, 11) is 0. The van der Waals surface area contributed by atoms with Crippen LogP contribution in [-0.4, -0.2) is 10.2 Å². The summed E-state index contributed by atoms with van der Waals surface area (Å²) in [5.41, 5.74) is 7.20. The molecular weight excluding hydrogens is 224 g/mol. The van der Waals surface area contributed by atoms with Crippen molar-refractivity contribution in [1.29, 1.82) is 0 Å². The molecule has 2 N–H and O–H groups in total. The van der Waals surface area contributed by atoms with Crippen LogP contribution in [0.5, 0.6) is 0 Å². The Kier molecular flexibility index (Phi) is 2.54. The second kappa shape index (κ2) is 4.09. The quantitative estimate of drug-likeness (QED) is 0.720. The van der Waals surface area contributed by atoms with Crippen LogP contribution in [0.4, 0.5) is 0 Å². The Labute approximate surface area is 106 Å². The third kappa shape index (κ3) is 1.50. The van der Waals surface area contributed by atoms with Gasteiger partial charge in [0.2, 0.25) is 0 Å². The molecule has 0 bridgehead atoms. The Hall–Kier alpha value is -1.90. The highest BCUT2D eigenvalue weighted by atomic mass is 16.3. The number of aliphatic hydroxyl groups excluding tert-OH is 2. The highest BCUT2D eigenvalue weighted by Gasteiger charge is 2.22. The van der Waals surface area contributed by atoms with Crippen molar-refractivity contribution in [2.45, 2.75) is 13.2 Å². The van der Waals surface area contributed by atoms with Crippen LogP contribution < -0.4 is 0 Å². The summed E-state index contributed by atoms with van der Waals surface area (Å²) >= 11 is 0. The molecule has 18 heavy (non-hydrogen) atoms. The van der Waals surface area contributed by atoms with E-state index in [1.54, 1.807) is 0 Å². The summed E-state index contributed by atoms with van der Waals surface area (Å²) < 4.78 is 0. The molecule has 1 aliphatic carbocycles. The number of aliphatic hydroxyl groups is 2. The maximum Gasteiger partial charge on any atom is 0.0682 e. The monoisotopic (exact) mass is 238 g/mol. The summed E-state index contributed by atoms with van der Waals surface area (Å²) in [4.78, 5) is 0. The van der Waals surface area contributed by atoms with Crippen LogP contribution in [0.15, 0.2) is 43.0 Å². The van der Waals surface area contributed by atoms with Crippen molar-refractivity contribution in [3.8, 4) is 11.1 Å². The van der Waals surface area contributed by atoms with Gasteiger partial charge in [-0.25, -0.2) is 0 Å². The average molecular weight is 238 g/mol. The molecule has 90 valence electrons. The zero-order valence-corrected chi connectivity index (χ0v) is 9.98. The van der Waals surface area contributed by atoms with Crippen molar-refractivity contribution in [2.24, 2.45) is 0 Å². The molecule has 0 saturated carbocycles. The van der Waals surface area contributed by atoms with Crippen LogP contribution in [0.25, 0.3) is 16.7 Å². The minimum atomic E-state index is 0.0405. The van der Waals surface area contributed by atoms with Crippen LogP contribution in [0, 0.1) is 0 Å². The van der Waals surface area contributed by atoms with Crippen molar-refractivity contribution >= 4 is 5.57 Å². The van der Waals surface area contributed by atoms with E-state index in [-0.39, 0.29) is 13.2 Å². The van der Waals surface area contributed by atoms with Crippen molar-refractivity contribution in [1.82, 2.24) is 0 Å². The van der Waals surface area contributed by atoms with Crippen LogP contribution in [-0.2, 0) is 13.2 Å². The molecule has 0 atom stereocenters. The summed E-state index contributed by atoms with van der Waals surface area (Å²) in [5.74, 6) is 0. The molecular formula is C16H14O2. The molecule has 2 aromatic carbocycles. The molecule has 2 heteroatoms. The lowest BCUT2D eigenvalue weighted by Crippen LogP contribution is -1.86. The van der Waals surface area contributed by atoms with Gasteiger partial charge in [-0.2, -0.15) is 0 Å². The van der Waals surface area contributed by atoms with E-state index in [2.05, 4.69) is 6.58 Å². The van der Waals surface area contributed by atoms with Gasteiger partial charge in [0.1, 0.15) is 0 Å². The van der Waals surface area contributed by atoms with Crippen molar-refractivity contribution < 1.29 is 10.2 Å². The minimum Gasteiger partial charge on any atom is -0.392 e. The first-order valence-corrected chi connectivity index (χ1v) is 5.92. The number of hydrogen-bond acceptors (Lipinski definition) is 2. The second-order valence-electron chi connectivity index (χ2n) is 4.55. The predicted molar refractivity (Wildman–Crippen MR) is 71.9 cm³/mol. The summed E-state index contributed by atoms with van der Waals surface area (Å²) in [6, 6.07) is 11.9. The lowest BCUT2D eigenvalue weighted by Gasteiger charge is -2.03. The van der Waals surface area contributed by atoms with Gasteiger partial charge in [-0.3, -0.25) is 0 Å². The molecule has 1 aliphatic rings. The third-order valence-corrected chi connectivity index (χ3v) is 3.47. The third-order valence-electron chi connectivity index (χ3n) is 3.47. The Bertz CT molecular complexity index is 586. The SMILES string of the molecule is C=C1c2cc(CO)ccc2-c2ccc(CO)cc21. The van der Waals surface area contributed by atoms with Gasteiger partial charge in [0, 0.05) is 0 Å². The largest absolute Gasteiger partial charge is 0.392 e. The average Bonchev–Trinajstić information content (AvgIpc) is 2.71. The lowest BCUT2D eigenvalue weighted by molar-refractivity contribution is 0.281. The van der Waals surface area contributed by atoms with Crippen molar-refractivity contribution in [3.63, 3.8) is 0 Å². The number of fused-ring (bicyclic) bond motifs is 3. The van der Waals surface area contributed by atoms with Crippen LogP contribution in [0.2, 0.25) is 0 Å². The molecule has 0 unspecified atom stereocenters. The predicted octanol–water partition coefficient (Wildman–Crippen LogP) is 2.71. The van der Waals surface area contributed by atoms with E-state index in [4.69, 9.17) is 0 Å². The van der Waals surface area contributed by atoms with E-state index in [1.165, 1.54) is 0 Å². The molecule has 0 amide bonds. The molecule has 0 radical (unpaired) electrons. The van der Waals surface area contributed by atoms with Gasteiger partial charge >= 0.3 is 0 Å². The van der Waals surface area contributed by atoms with Crippen molar-refractivity contribution in [3.05, 3.63) is 65.2 Å². The smallest absolute Gasteiger partial charge is 0.0682 e. The highest BCUT2D eigenvalue weighted by Crippen LogP contribution is 2.43. The summed E-state index contributed by atoms with van der Waals surface area (Å²) in [6.07, 6.45) is 0. The normalized spacial score (nSPS) is 12.4. The molecule has 2 aromatic rings. The Morgan fingerprint density at radius 2 is 1.17 bits per heavy atom. The van der Waals surface area contributed by atoms with Crippen molar-refractivity contribution in [2.75, 3.05) is 0 Å². The maximum absolute atomic E-state index is 9.19. The second-order valence-corrected chi connectivity index (χ2v) is 4.55. The lowest BCUT2D eigenvalue weighted by atomic mass is 10.0. The topological polar surface area (TPSA) is 40.5 Å². The zero-order valence-electron chi connectivity index (χ0n) is 9.98. The Balaban J connectivity index is 2.21. The standard InChI is InChI=1S/C16H14O2/c1-10-15-6-11(8-17)2-4-13(15)14-5-3-12(9-18)7-16(10)14/h2-7,17-18H,1,8-9H2. The molecule has 0 spiro atoms. The van der Waals surface area contributed by atoms with E-state index >= 15 is 0 Å². The van der Waals surface area contributed by atoms with Gasteiger partial charge < -0.3 is 10.2 Å². The molecule has 2 nitrogen and oxygen atoms in total. The summed E-state index contributed by atoms with van der Waals surface area (Å²) in [6.45, 7) is 4.21. The van der Waals surface area contributed by atoms with Gasteiger partial charge in [0.25, 0.3) is 0 Å². The van der Waals surface area contributed by atoms with Crippen LogP contribution in [0.1, 0.15) is 22.3 Å². The molecule has 0 heterocycles. The maximum atomic E-state index is 9.19. The van der Waals surface area contributed by atoms with Gasteiger partial charge in [-0.15, -0.1) is 0 Å². The van der Waals surface area contributed by atoms with E-state index in [1.807, 2.05) is 36.4 Å². The summed E-state index contributed by atoms with van der Waals surface area (Å²) in [5, 5.41) is 18.4. The van der Waals surface area contributed by atoms with Gasteiger partial charge in [-0.05, 0) is 51.1 Å². The molecule has 0 aromatic heterocycles. The van der Waals surface area contributed by atoms with E-state index in [0.29, 0.717) is 0 Å². The first-order chi connectivity index (χ1) is 8.74.